The third-order valence-electron chi connectivity index (χ3n) is 8.70. The minimum atomic E-state index is -0.534. The lowest BCUT2D eigenvalue weighted by molar-refractivity contribution is 0.0134. The number of carbonyl (C=O) groups excluding carboxylic acids is 1. The molecule has 0 bridgehead atoms. The summed E-state index contributed by atoms with van der Waals surface area (Å²) < 4.78 is 9.16. The highest BCUT2D eigenvalue weighted by atomic mass is 16.6. The molecule has 3 aromatic rings. The van der Waals surface area contributed by atoms with Gasteiger partial charge in [0.2, 0.25) is 0 Å². The summed E-state index contributed by atoms with van der Waals surface area (Å²) >= 11 is 0. The highest BCUT2D eigenvalue weighted by molar-refractivity contribution is 5.69. The number of piperidine rings is 1. The number of carbonyl (C=O) groups is 1. The van der Waals surface area contributed by atoms with Crippen molar-refractivity contribution in [2.45, 2.75) is 84.0 Å². The molecule has 3 aromatic heterocycles. The molecule has 1 amide bonds. The first-order chi connectivity index (χ1) is 20.6. The van der Waals surface area contributed by atoms with Gasteiger partial charge in [-0.05, 0) is 84.3 Å². The molecule has 43 heavy (non-hydrogen) atoms. The van der Waals surface area contributed by atoms with Crippen LogP contribution in [0, 0.1) is 5.92 Å². The molecular formula is C32H44N8O3. The maximum Gasteiger partial charge on any atom is 0.410 e. The number of ether oxygens (including phenoxy) is 1. The summed E-state index contributed by atoms with van der Waals surface area (Å²) in [4.78, 5) is 37.5. The zero-order chi connectivity index (χ0) is 30.1. The van der Waals surface area contributed by atoms with E-state index in [1.165, 1.54) is 25.7 Å². The van der Waals surface area contributed by atoms with E-state index in [-0.39, 0.29) is 23.9 Å². The molecule has 2 atom stereocenters. The number of hydrogen-bond acceptors (Lipinski definition) is 8. The van der Waals surface area contributed by atoms with Crippen molar-refractivity contribution in [3.8, 4) is 11.3 Å². The molecule has 0 spiro atoms. The molecule has 1 unspecified atom stereocenters. The van der Waals surface area contributed by atoms with Gasteiger partial charge < -0.3 is 19.4 Å². The second-order valence-electron chi connectivity index (χ2n) is 13.3. The SMILES string of the molecule is CC(n1cc(-c2cncc(N3CCCC3)c2)nn1)n1ccc(N2CCC[C@@H](N(CC3CC3)C(=O)OC(C)(C)C)C2)cc1=O. The van der Waals surface area contributed by atoms with E-state index in [0.29, 0.717) is 12.5 Å². The van der Waals surface area contributed by atoms with Crippen LogP contribution in [0.4, 0.5) is 16.2 Å². The van der Waals surface area contributed by atoms with Crippen LogP contribution in [0.1, 0.15) is 72.4 Å². The maximum absolute atomic E-state index is 13.4. The molecule has 0 N–H and O–H groups in total. The Kier molecular flexibility index (Phi) is 8.15. The van der Waals surface area contributed by atoms with Gasteiger partial charge in [0.15, 0.2) is 0 Å². The van der Waals surface area contributed by atoms with E-state index in [1.54, 1.807) is 21.5 Å². The van der Waals surface area contributed by atoms with Gasteiger partial charge in [0.1, 0.15) is 17.5 Å². The first-order valence-corrected chi connectivity index (χ1v) is 15.7. The fourth-order valence-corrected chi connectivity index (χ4v) is 6.14. The van der Waals surface area contributed by atoms with Crippen molar-refractivity contribution in [1.29, 1.82) is 0 Å². The number of aromatic nitrogens is 5. The zero-order valence-corrected chi connectivity index (χ0v) is 25.9. The largest absolute Gasteiger partial charge is 0.444 e. The fraction of sp³-hybridized carbons (Fsp3) is 0.594. The highest BCUT2D eigenvalue weighted by Gasteiger charge is 2.36. The number of amides is 1. The molecule has 3 aliphatic rings. The second kappa shape index (κ2) is 12.0. The van der Waals surface area contributed by atoms with Gasteiger partial charge >= 0.3 is 6.09 Å². The molecule has 1 saturated carbocycles. The van der Waals surface area contributed by atoms with Crippen LogP contribution in [0.25, 0.3) is 11.3 Å². The van der Waals surface area contributed by atoms with Crippen molar-refractivity contribution in [2.24, 2.45) is 5.92 Å². The molecule has 6 rings (SSSR count). The Morgan fingerprint density at radius 1 is 1.05 bits per heavy atom. The van der Waals surface area contributed by atoms with Crippen molar-refractivity contribution in [3.05, 3.63) is 53.3 Å². The summed E-state index contributed by atoms with van der Waals surface area (Å²) in [5.74, 6) is 0.566. The molecule has 3 fully saturated rings. The molecule has 11 nitrogen and oxygen atoms in total. The monoisotopic (exact) mass is 588 g/mol. The minimum absolute atomic E-state index is 0.0533. The van der Waals surface area contributed by atoms with Crippen molar-refractivity contribution < 1.29 is 9.53 Å². The Balaban J connectivity index is 1.15. The number of hydrogen-bond donors (Lipinski definition) is 0. The van der Waals surface area contributed by atoms with E-state index >= 15 is 0 Å². The molecule has 2 saturated heterocycles. The lowest BCUT2D eigenvalue weighted by Gasteiger charge is -2.40. The lowest BCUT2D eigenvalue weighted by Crippen LogP contribution is -2.52. The average molecular weight is 589 g/mol. The van der Waals surface area contributed by atoms with Crippen LogP contribution in [0.2, 0.25) is 0 Å². The summed E-state index contributed by atoms with van der Waals surface area (Å²) in [5.41, 5.74) is 2.97. The van der Waals surface area contributed by atoms with Crippen LogP contribution < -0.4 is 15.4 Å². The number of pyridine rings is 2. The van der Waals surface area contributed by atoms with Crippen LogP contribution in [0.3, 0.4) is 0 Å². The summed E-state index contributed by atoms with van der Waals surface area (Å²) in [6.45, 7) is 12.0. The van der Waals surface area contributed by atoms with E-state index in [0.717, 1.165) is 61.7 Å². The number of nitrogens with zero attached hydrogens (tertiary/aromatic N) is 8. The zero-order valence-electron chi connectivity index (χ0n) is 25.9. The Bertz CT molecular complexity index is 1480. The van der Waals surface area contributed by atoms with Crippen molar-refractivity contribution in [1.82, 2.24) is 29.4 Å². The van der Waals surface area contributed by atoms with E-state index in [4.69, 9.17) is 4.74 Å². The van der Waals surface area contributed by atoms with E-state index in [1.807, 2.05) is 57.3 Å². The molecule has 11 heteroatoms. The summed E-state index contributed by atoms with van der Waals surface area (Å²) in [6.07, 6.45) is 13.4. The summed E-state index contributed by atoms with van der Waals surface area (Å²) in [5, 5.41) is 8.75. The van der Waals surface area contributed by atoms with Crippen molar-refractivity contribution in [2.75, 3.05) is 42.5 Å². The quantitative estimate of drug-likeness (QED) is 0.371. The van der Waals surface area contributed by atoms with Crippen LogP contribution in [0.15, 0.2) is 47.8 Å². The average Bonchev–Trinajstić information content (AvgIpc) is 3.41. The van der Waals surface area contributed by atoms with E-state index in [9.17, 15) is 9.59 Å². The van der Waals surface area contributed by atoms with Crippen LogP contribution >= 0.6 is 0 Å². The first kappa shape index (κ1) is 29.2. The topological polar surface area (TPSA) is 102 Å². The van der Waals surface area contributed by atoms with Gasteiger partial charge in [-0.3, -0.25) is 14.3 Å². The van der Waals surface area contributed by atoms with Gasteiger partial charge in [0.05, 0.1) is 24.1 Å². The minimum Gasteiger partial charge on any atom is -0.444 e. The van der Waals surface area contributed by atoms with E-state index < -0.39 is 5.60 Å². The van der Waals surface area contributed by atoms with Gasteiger partial charge in [-0.1, -0.05) is 5.21 Å². The van der Waals surface area contributed by atoms with Gasteiger partial charge in [-0.25, -0.2) is 9.48 Å². The van der Waals surface area contributed by atoms with Gasteiger partial charge in [0.25, 0.3) is 5.56 Å². The van der Waals surface area contributed by atoms with Gasteiger partial charge in [0, 0.05) is 62.4 Å². The van der Waals surface area contributed by atoms with Crippen molar-refractivity contribution in [3.63, 3.8) is 0 Å². The Labute approximate surface area is 253 Å². The Hall–Kier alpha value is -3.89. The van der Waals surface area contributed by atoms with E-state index in [2.05, 4.69) is 31.2 Å². The summed E-state index contributed by atoms with van der Waals surface area (Å²) in [7, 11) is 0. The maximum atomic E-state index is 13.4. The molecule has 5 heterocycles. The molecule has 230 valence electrons. The molecule has 2 aliphatic heterocycles. The van der Waals surface area contributed by atoms with Crippen molar-refractivity contribution >= 4 is 17.5 Å². The molecular weight excluding hydrogens is 544 g/mol. The fourth-order valence-electron chi connectivity index (χ4n) is 6.14. The third kappa shape index (κ3) is 6.86. The lowest BCUT2D eigenvalue weighted by atomic mass is 10.0. The van der Waals surface area contributed by atoms with Crippen LogP contribution in [-0.4, -0.2) is 79.9 Å². The smallest absolute Gasteiger partial charge is 0.410 e. The molecule has 1 aliphatic carbocycles. The second-order valence-corrected chi connectivity index (χ2v) is 13.3. The predicted octanol–water partition coefficient (Wildman–Crippen LogP) is 4.78. The van der Waals surface area contributed by atoms with Crippen LogP contribution in [-0.2, 0) is 4.74 Å². The molecule has 0 aromatic carbocycles. The summed E-state index contributed by atoms with van der Waals surface area (Å²) in [6, 6.07) is 5.84. The molecule has 0 radical (unpaired) electrons. The standard InChI is InChI=1S/C32H44N8O3/c1-23(40-22-29(34-35-40)25-16-28(19-33-18-25)36-12-5-6-13-36)38-15-11-26(17-30(38)41)37-14-7-8-27(21-37)39(20-24-9-10-24)31(42)43-32(2,3)4/h11,15-19,22-24,27H,5-10,12-14,20-21H2,1-4H3/t23?,27-/m1/s1. The first-order valence-electron chi connectivity index (χ1n) is 15.7. The normalized spacial score (nSPS) is 19.9. The van der Waals surface area contributed by atoms with Crippen LogP contribution in [0.5, 0.6) is 0 Å². The Morgan fingerprint density at radius 3 is 2.53 bits per heavy atom. The number of anilines is 2. The van der Waals surface area contributed by atoms with Gasteiger partial charge in [-0.2, -0.15) is 0 Å². The Morgan fingerprint density at radius 2 is 1.81 bits per heavy atom. The highest BCUT2D eigenvalue weighted by Crippen LogP contribution is 2.33. The third-order valence-corrected chi connectivity index (χ3v) is 8.70. The predicted molar refractivity (Wildman–Crippen MR) is 166 cm³/mol. The van der Waals surface area contributed by atoms with Gasteiger partial charge in [-0.15, -0.1) is 5.10 Å². The number of rotatable bonds is 8.